The lowest BCUT2D eigenvalue weighted by Gasteiger charge is -2.27. The van der Waals surface area contributed by atoms with Crippen molar-refractivity contribution in [2.75, 3.05) is 6.54 Å². The van der Waals surface area contributed by atoms with Crippen LogP contribution in [0.15, 0.2) is 17.5 Å². The van der Waals surface area contributed by atoms with Crippen LogP contribution in [0.5, 0.6) is 0 Å². The van der Waals surface area contributed by atoms with E-state index in [1.54, 1.807) is 17.5 Å². The largest absolute Gasteiger partial charge is 0.479 e. The molecule has 0 aliphatic carbocycles. The van der Waals surface area contributed by atoms with Gasteiger partial charge in [0.2, 0.25) is 0 Å². The molecule has 1 aromatic heterocycles. The normalized spacial score (nSPS) is 14.4. The molecule has 0 spiro atoms. The van der Waals surface area contributed by atoms with Gasteiger partial charge in [0, 0.05) is 11.4 Å². The number of thiophene rings is 1. The molecule has 0 radical (unpaired) electrons. The van der Waals surface area contributed by atoms with Crippen molar-refractivity contribution in [2.24, 2.45) is 11.3 Å². The van der Waals surface area contributed by atoms with Crippen LogP contribution < -0.4 is 10.6 Å². The van der Waals surface area contributed by atoms with Gasteiger partial charge in [0.05, 0.1) is 0 Å². The van der Waals surface area contributed by atoms with E-state index in [2.05, 4.69) is 31.4 Å². The molecule has 2 amide bonds. The summed E-state index contributed by atoms with van der Waals surface area (Å²) < 4.78 is 0. The first-order valence-corrected chi connectivity index (χ1v) is 7.40. The summed E-state index contributed by atoms with van der Waals surface area (Å²) in [6.07, 6.45) is 0. The van der Waals surface area contributed by atoms with Crippen LogP contribution in [0, 0.1) is 11.3 Å². The zero-order valence-corrected chi connectivity index (χ0v) is 13.1. The predicted octanol–water partition coefficient (Wildman–Crippen LogP) is 2.86. The fraction of sp³-hybridized carbons (Fsp3) is 0.571. The standard InChI is InChI=1S/C14H22N2O3S/c1-9(14(2,3)4)8-15-13(19)16-11(12(17)18)10-6-5-7-20-10/h5-7,9,11H,8H2,1-4H3,(H,17,18)(H2,15,16,19). The molecule has 1 aromatic rings. The van der Waals surface area contributed by atoms with Gasteiger partial charge >= 0.3 is 12.0 Å². The van der Waals surface area contributed by atoms with Gasteiger partial charge in [-0.3, -0.25) is 0 Å². The molecule has 3 N–H and O–H groups in total. The van der Waals surface area contributed by atoms with Gasteiger partial charge in [-0.2, -0.15) is 0 Å². The molecular formula is C14H22N2O3S. The second kappa shape index (κ2) is 6.74. The number of carboxylic acids is 1. The smallest absolute Gasteiger partial charge is 0.331 e. The van der Waals surface area contributed by atoms with Crippen LogP contribution in [0.4, 0.5) is 4.79 Å². The Morgan fingerprint density at radius 3 is 2.50 bits per heavy atom. The highest BCUT2D eigenvalue weighted by molar-refractivity contribution is 7.10. The molecule has 0 aromatic carbocycles. The van der Waals surface area contributed by atoms with E-state index in [9.17, 15) is 9.59 Å². The number of hydrogen-bond acceptors (Lipinski definition) is 3. The summed E-state index contributed by atoms with van der Waals surface area (Å²) in [5.74, 6) is -0.773. The summed E-state index contributed by atoms with van der Waals surface area (Å²) in [5, 5.41) is 16.2. The van der Waals surface area contributed by atoms with Gasteiger partial charge in [0.1, 0.15) is 0 Å². The number of urea groups is 1. The Hall–Kier alpha value is -1.56. The highest BCUT2D eigenvalue weighted by atomic mass is 32.1. The molecule has 20 heavy (non-hydrogen) atoms. The molecule has 0 fully saturated rings. The Balaban J connectivity index is 2.54. The minimum absolute atomic E-state index is 0.0905. The SMILES string of the molecule is CC(CNC(=O)NC(C(=O)O)c1cccs1)C(C)(C)C. The minimum Gasteiger partial charge on any atom is -0.479 e. The van der Waals surface area contributed by atoms with Crippen LogP contribution in [0.1, 0.15) is 38.6 Å². The molecule has 112 valence electrons. The fourth-order valence-electron chi connectivity index (χ4n) is 1.44. The zero-order chi connectivity index (χ0) is 15.3. The molecule has 1 rings (SSSR count). The van der Waals surface area contributed by atoms with Crippen LogP contribution in [-0.4, -0.2) is 23.7 Å². The van der Waals surface area contributed by atoms with E-state index >= 15 is 0 Å². The molecule has 0 saturated carbocycles. The van der Waals surface area contributed by atoms with Crippen LogP contribution in [0.2, 0.25) is 0 Å². The number of amides is 2. The van der Waals surface area contributed by atoms with Gasteiger partial charge in [-0.15, -0.1) is 11.3 Å². The third kappa shape index (κ3) is 4.85. The lowest BCUT2D eigenvalue weighted by molar-refractivity contribution is -0.139. The number of carbonyl (C=O) groups excluding carboxylic acids is 1. The summed E-state index contributed by atoms with van der Waals surface area (Å²) in [5.41, 5.74) is 0.0905. The quantitative estimate of drug-likeness (QED) is 0.782. The maximum atomic E-state index is 11.8. The summed E-state index contributed by atoms with van der Waals surface area (Å²) in [6, 6.07) is 2.00. The van der Waals surface area contributed by atoms with Gasteiger partial charge in [0.15, 0.2) is 6.04 Å². The van der Waals surface area contributed by atoms with Crippen molar-refractivity contribution in [2.45, 2.75) is 33.7 Å². The molecule has 2 atom stereocenters. The predicted molar refractivity (Wildman–Crippen MR) is 79.8 cm³/mol. The van der Waals surface area contributed by atoms with Crippen LogP contribution in [0.25, 0.3) is 0 Å². The fourth-order valence-corrected chi connectivity index (χ4v) is 2.21. The number of nitrogens with one attached hydrogen (secondary N) is 2. The Labute approximate surface area is 123 Å². The molecule has 5 nitrogen and oxygen atoms in total. The average molecular weight is 298 g/mol. The number of aliphatic carboxylic acids is 1. The first-order chi connectivity index (χ1) is 9.21. The van der Waals surface area contributed by atoms with E-state index < -0.39 is 18.0 Å². The van der Waals surface area contributed by atoms with Crippen molar-refractivity contribution >= 4 is 23.3 Å². The summed E-state index contributed by atoms with van der Waals surface area (Å²) in [6.45, 7) is 8.86. The van der Waals surface area contributed by atoms with Gasteiger partial charge in [-0.25, -0.2) is 9.59 Å². The van der Waals surface area contributed by atoms with E-state index in [0.29, 0.717) is 17.3 Å². The van der Waals surface area contributed by atoms with Gasteiger partial charge in [-0.05, 0) is 22.8 Å². The van der Waals surface area contributed by atoms with Crippen molar-refractivity contribution in [1.82, 2.24) is 10.6 Å². The molecule has 0 aliphatic heterocycles. The van der Waals surface area contributed by atoms with Gasteiger partial charge in [0.25, 0.3) is 0 Å². The summed E-state index contributed by atoms with van der Waals surface area (Å²) in [4.78, 5) is 23.6. The maximum Gasteiger partial charge on any atom is 0.331 e. The Kier molecular flexibility index (Phi) is 5.56. The average Bonchev–Trinajstić information content (AvgIpc) is 2.84. The van der Waals surface area contributed by atoms with Crippen molar-refractivity contribution in [3.05, 3.63) is 22.4 Å². The molecule has 0 saturated heterocycles. The number of carboxylic acid groups (broad SMARTS) is 1. The molecule has 0 bridgehead atoms. The van der Waals surface area contributed by atoms with Crippen molar-refractivity contribution in [3.8, 4) is 0 Å². The lowest BCUT2D eigenvalue weighted by Crippen LogP contribution is -2.43. The second-order valence-electron chi connectivity index (χ2n) is 5.91. The lowest BCUT2D eigenvalue weighted by atomic mass is 9.82. The first kappa shape index (κ1) is 16.5. The highest BCUT2D eigenvalue weighted by Crippen LogP contribution is 2.24. The van der Waals surface area contributed by atoms with E-state index in [0.717, 1.165) is 0 Å². The van der Waals surface area contributed by atoms with E-state index in [4.69, 9.17) is 5.11 Å². The molecule has 1 heterocycles. The highest BCUT2D eigenvalue weighted by Gasteiger charge is 2.24. The first-order valence-electron chi connectivity index (χ1n) is 6.52. The van der Waals surface area contributed by atoms with Gasteiger partial charge < -0.3 is 15.7 Å². The van der Waals surface area contributed by atoms with Gasteiger partial charge in [-0.1, -0.05) is 33.8 Å². The number of hydrogen-bond donors (Lipinski definition) is 3. The Morgan fingerprint density at radius 1 is 1.40 bits per heavy atom. The Morgan fingerprint density at radius 2 is 2.05 bits per heavy atom. The second-order valence-corrected chi connectivity index (χ2v) is 6.89. The minimum atomic E-state index is -1.06. The monoisotopic (exact) mass is 298 g/mol. The molecule has 0 aliphatic rings. The number of rotatable bonds is 5. The topological polar surface area (TPSA) is 78.4 Å². The van der Waals surface area contributed by atoms with Crippen LogP contribution in [-0.2, 0) is 4.79 Å². The summed E-state index contributed by atoms with van der Waals surface area (Å²) >= 11 is 1.31. The van der Waals surface area contributed by atoms with E-state index in [-0.39, 0.29) is 5.41 Å². The van der Waals surface area contributed by atoms with E-state index in [1.807, 2.05) is 6.92 Å². The van der Waals surface area contributed by atoms with Crippen molar-refractivity contribution < 1.29 is 14.7 Å². The summed E-state index contributed by atoms with van der Waals surface area (Å²) in [7, 11) is 0. The van der Waals surface area contributed by atoms with Crippen molar-refractivity contribution in [3.63, 3.8) is 0 Å². The molecular weight excluding hydrogens is 276 g/mol. The maximum absolute atomic E-state index is 11.8. The Bertz CT molecular complexity index is 451. The third-order valence-corrected chi connectivity index (χ3v) is 4.33. The van der Waals surface area contributed by atoms with Crippen LogP contribution in [0.3, 0.4) is 0 Å². The third-order valence-electron chi connectivity index (χ3n) is 3.40. The zero-order valence-electron chi connectivity index (χ0n) is 12.3. The molecule has 2 unspecified atom stereocenters. The van der Waals surface area contributed by atoms with Crippen LogP contribution >= 0.6 is 11.3 Å². The van der Waals surface area contributed by atoms with E-state index in [1.165, 1.54) is 11.3 Å². The molecule has 6 heteroatoms. The van der Waals surface area contributed by atoms with Crippen molar-refractivity contribution in [1.29, 1.82) is 0 Å². The number of carbonyl (C=O) groups is 2.